The first-order valence-electron chi connectivity index (χ1n) is 6.79. The van der Waals surface area contributed by atoms with Gasteiger partial charge in [-0.25, -0.2) is 0 Å². The van der Waals surface area contributed by atoms with E-state index in [9.17, 15) is 4.79 Å². The summed E-state index contributed by atoms with van der Waals surface area (Å²) in [5.74, 6) is 0.909. The first-order valence-corrected chi connectivity index (χ1v) is 8.42. The summed E-state index contributed by atoms with van der Waals surface area (Å²) in [5.41, 5.74) is 5.61. The van der Waals surface area contributed by atoms with Crippen LogP contribution < -0.4 is 11.1 Å². The molecule has 0 spiro atoms. The molecule has 0 saturated heterocycles. The molecule has 1 aliphatic rings. The van der Waals surface area contributed by atoms with Crippen LogP contribution in [0.4, 0.5) is 10.3 Å². The first kappa shape index (κ1) is 14.3. The molecule has 0 aliphatic heterocycles. The lowest BCUT2D eigenvalue weighted by Gasteiger charge is -2.06. The summed E-state index contributed by atoms with van der Waals surface area (Å²) in [4.78, 5) is 11.0. The van der Waals surface area contributed by atoms with E-state index in [-0.39, 0.29) is 5.91 Å². The predicted octanol–water partition coefficient (Wildman–Crippen LogP) is 2.06. The number of nitrogen functional groups attached to an aromatic ring is 1. The van der Waals surface area contributed by atoms with E-state index < -0.39 is 0 Å². The maximum atomic E-state index is 11.0. The Morgan fingerprint density at radius 2 is 2.14 bits per heavy atom. The fourth-order valence-corrected chi connectivity index (χ4v) is 4.34. The van der Waals surface area contributed by atoms with Crippen LogP contribution in [0, 0.1) is 5.92 Å². The Morgan fingerprint density at radius 1 is 1.29 bits per heavy atom. The topological polar surface area (TPSA) is 107 Å². The van der Waals surface area contributed by atoms with Crippen molar-refractivity contribution in [1.29, 1.82) is 0 Å². The van der Waals surface area contributed by atoms with Crippen LogP contribution in [-0.4, -0.2) is 26.3 Å². The number of aromatic nitrogens is 4. The normalized spacial score (nSPS) is 21.6. The summed E-state index contributed by atoms with van der Waals surface area (Å²) in [6.45, 7) is 1.47. The maximum absolute atomic E-state index is 11.0. The van der Waals surface area contributed by atoms with Crippen molar-refractivity contribution in [3.8, 4) is 0 Å². The van der Waals surface area contributed by atoms with Crippen molar-refractivity contribution in [1.82, 2.24) is 20.4 Å². The van der Waals surface area contributed by atoms with E-state index in [4.69, 9.17) is 5.73 Å². The van der Waals surface area contributed by atoms with Crippen molar-refractivity contribution in [3.05, 3.63) is 10.0 Å². The molecule has 21 heavy (non-hydrogen) atoms. The lowest BCUT2D eigenvalue weighted by molar-refractivity contribution is -0.114. The Bertz CT molecular complexity index is 639. The fourth-order valence-electron chi connectivity index (χ4n) is 2.68. The van der Waals surface area contributed by atoms with Crippen molar-refractivity contribution >= 4 is 38.8 Å². The molecule has 1 fully saturated rings. The second-order valence-electron chi connectivity index (χ2n) is 5.24. The van der Waals surface area contributed by atoms with Crippen LogP contribution in [0.25, 0.3) is 0 Å². The first-order chi connectivity index (χ1) is 10.1. The van der Waals surface area contributed by atoms with E-state index in [0.29, 0.717) is 22.1 Å². The van der Waals surface area contributed by atoms with Gasteiger partial charge in [0.2, 0.25) is 16.2 Å². The number of carbonyl (C=O) groups is 1. The molecule has 2 atom stereocenters. The van der Waals surface area contributed by atoms with Gasteiger partial charge in [-0.05, 0) is 25.2 Å². The second-order valence-corrected chi connectivity index (χ2v) is 7.34. The highest BCUT2D eigenvalue weighted by molar-refractivity contribution is 7.15. The molecule has 3 N–H and O–H groups in total. The molecule has 1 aliphatic carbocycles. The average Bonchev–Trinajstić information content (AvgIpc) is 3.11. The summed E-state index contributed by atoms with van der Waals surface area (Å²) < 4.78 is 0. The average molecular weight is 324 g/mol. The summed E-state index contributed by atoms with van der Waals surface area (Å²) in [7, 11) is 0. The fraction of sp³-hybridized carbons (Fsp3) is 0.583. The molecular formula is C12H16N6OS2. The van der Waals surface area contributed by atoms with E-state index in [2.05, 4.69) is 25.7 Å². The number of nitrogens with zero attached hydrogens (tertiary/aromatic N) is 4. The molecule has 1 saturated carbocycles. The molecule has 0 bridgehead atoms. The maximum Gasteiger partial charge on any atom is 0.223 e. The number of anilines is 2. The van der Waals surface area contributed by atoms with Gasteiger partial charge in [0.1, 0.15) is 10.0 Å². The van der Waals surface area contributed by atoms with E-state index in [1.165, 1.54) is 29.6 Å². The van der Waals surface area contributed by atoms with Gasteiger partial charge >= 0.3 is 0 Å². The third kappa shape index (κ3) is 3.53. The Hall–Kier alpha value is -1.61. The zero-order valence-corrected chi connectivity index (χ0v) is 13.2. The Morgan fingerprint density at radius 3 is 2.86 bits per heavy atom. The predicted molar refractivity (Wildman–Crippen MR) is 82.3 cm³/mol. The van der Waals surface area contributed by atoms with Crippen molar-refractivity contribution in [2.75, 3.05) is 11.1 Å². The third-order valence-electron chi connectivity index (χ3n) is 3.56. The van der Waals surface area contributed by atoms with Crippen LogP contribution in [0.15, 0.2) is 0 Å². The van der Waals surface area contributed by atoms with Crippen molar-refractivity contribution < 1.29 is 4.79 Å². The minimum Gasteiger partial charge on any atom is -0.374 e. The summed E-state index contributed by atoms with van der Waals surface area (Å²) >= 11 is 2.94. The molecule has 112 valence electrons. The van der Waals surface area contributed by atoms with Crippen LogP contribution in [-0.2, 0) is 11.2 Å². The number of nitrogens with one attached hydrogen (secondary N) is 1. The van der Waals surface area contributed by atoms with Gasteiger partial charge in [-0.1, -0.05) is 22.7 Å². The number of rotatable bonds is 4. The quantitative estimate of drug-likeness (QED) is 0.891. The standard InChI is InChI=1S/C12H16N6OS2/c1-6(19)14-12-18-16-10(21-12)8-3-2-7(4-8)5-9-15-17-11(13)20-9/h7-8H,2-5H2,1H3,(H2,13,17)(H,14,18,19). The van der Waals surface area contributed by atoms with E-state index in [1.54, 1.807) is 0 Å². The minimum atomic E-state index is -0.115. The summed E-state index contributed by atoms with van der Waals surface area (Å²) in [5, 5.41) is 22.0. The smallest absolute Gasteiger partial charge is 0.223 e. The molecule has 2 aromatic rings. The molecule has 0 aromatic carbocycles. The third-order valence-corrected chi connectivity index (χ3v) is 5.34. The highest BCUT2D eigenvalue weighted by Gasteiger charge is 2.29. The Balaban J connectivity index is 1.58. The van der Waals surface area contributed by atoms with Crippen LogP contribution in [0.2, 0.25) is 0 Å². The van der Waals surface area contributed by atoms with Gasteiger partial charge < -0.3 is 11.1 Å². The molecule has 9 heteroatoms. The largest absolute Gasteiger partial charge is 0.374 e. The van der Waals surface area contributed by atoms with Crippen LogP contribution >= 0.6 is 22.7 Å². The molecule has 2 heterocycles. The van der Waals surface area contributed by atoms with E-state index >= 15 is 0 Å². The Kier molecular flexibility index (Phi) is 4.11. The number of hydrogen-bond donors (Lipinski definition) is 2. The zero-order valence-electron chi connectivity index (χ0n) is 11.6. The number of amides is 1. The summed E-state index contributed by atoms with van der Waals surface area (Å²) in [6.07, 6.45) is 4.27. The molecule has 3 rings (SSSR count). The van der Waals surface area contributed by atoms with Crippen LogP contribution in [0.1, 0.15) is 42.1 Å². The lowest BCUT2D eigenvalue weighted by atomic mass is 10.0. The molecular weight excluding hydrogens is 308 g/mol. The van der Waals surface area contributed by atoms with Gasteiger partial charge in [-0.15, -0.1) is 20.4 Å². The van der Waals surface area contributed by atoms with Gasteiger partial charge in [-0.3, -0.25) is 4.79 Å². The van der Waals surface area contributed by atoms with Crippen molar-refractivity contribution in [2.45, 2.75) is 38.5 Å². The van der Waals surface area contributed by atoms with Gasteiger partial charge in [0.05, 0.1) is 0 Å². The van der Waals surface area contributed by atoms with Gasteiger partial charge in [0, 0.05) is 19.3 Å². The van der Waals surface area contributed by atoms with Crippen LogP contribution in [0.3, 0.4) is 0 Å². The molecule has 7 nitrogen and oxygen atoms in total. The molecule has 0 radical (unpaired) electrons. The molecule has 2 aromatic heterocycles. The van der Waals surface area contributed by atoms with Gasteiger partial charge in [0.15, 0.2) is 0 Å². The van der Waals surface area contributed by atoms with E-state index in [0.717, 1.165) is 35.7 Å². The number of hydrogen-bond acceptors (Lipinski definition) is 8. The molecule has 1 amide bonds. The zero-order chi connectivity index (χ0) is 14.8. The van der Waals surface area contributed by atoms with Gasteiger partial charge in [0.25, 0.3) is 0 Å². The van der Waals surface area contributed by atoms with Crippen molar-refractivity contribution in [3.63, 3.8) is 0 Å². The van der Waals surface area contributed by atoms with Crippen LogP contribution in [0.5, 0.6) is 0 Å². The summed E-state index contributed by atoms with van der Waals surface area (Å²) in [6, 6.07) is 0. The highest BCUT2D eigenvalue weighted by Crippen LogP contribution is 2.41. The molecule has 2 unspecified atom stereocenters. The van der Waals surface area contributed by atoms with Gasteiger partial charge in [-0.2, -0.15) is 0 Å². The highest BCUT2D eigenvalue weighted by atomic mass is 32.1. The van der Waals surface area contributed by atoms with Crippen molar-refractivity contribution in [2.24, 2.45) is 5.92 Å². The lowest BCUT2D eigenvalue weighted by Crippen LogP contribution is -2.04. The SMILES string of the molecule is CC(=O)Nc1nnc(C2CCC(Cc3nnc(N)s3)C2)s1. The monoisotopic (exact) mass is 324 g/mol. The second kappa shape index (κ2) is 6.02. The number of carbonyl (C=O) groups excluding carboxylic acids is 1. The Labute approximate surface area is 130 Å². The number of nitrogens with two attached hydrogens (primary N) is 1. The minimum absolute atomic E-state index is 0.115. The van der Waals surface area contributed by atoms with E-state index in [1.807, 2.05) is 0 Å².